The number of hydrogen-bond donors (Lipinski definition) is 2. The zero-order valence-corrected chi connectivity index (χ0v) is 15.7. The third-order valence-electron chi connectivity index (χ3n) is 4.81. The molecule has 6 heteroatoms. The molecule has 0 bridgehead atoms. The Hall–Kier alpha value is -3.12. The molecule has 1 aliphatic rings. The molecule has 28 heavy (non-hydrogen) atoms. The first-order valence-electron chi connectivity index (χ1n) is 9.60. The van der Waals surface area contributed by atoms with Crippen LogP contribution in [-0.4, -0.2) is 28.5 Å². The first-order valence-corrected chi connectivity index (χ1v) is 9.60. The van der Waals surface area contributed by atoms with Crippen LogP contribution in [0.2, 0.25) is 0 Å². The Labute approximate surface area is 164 Å². The van der Waals surface area contributed by atoms with Gasteiger partial charge in [0.25, 0.3) is 0 Å². The molecule has 2 heterocycles. The fourth-order valence-corrected chi connectivity index (χ4v) is 3.42. The predicted molar refractivity (Wildman–Crippen MR) is 110 cm³/mol. The van der Waals surface area contributed by atoms with E-state index in [1.807, 2.05) is 53.3 Å². The Morgan fingerprint density at radius 2 is 1.93 bits per heavy atom. The Balaban J connectivity index is 1.37. The third kappa shape index (κ3) is 4.78. The maximum atomic E-state index is 12.5. The Morgan fingerprint density at radius 3 is 2.75 bits per heavy atom. The van der Waals surface area contributed by atoms with Gasteiger partial charge >= 0.3 is 6.03 Å². The number of amides is 2. The molecule has 0 saturated carbocycles. The topological polar surface area (TPSA) is 68.2 Å². The standard InChI is InChI=1S/C22H24N4O2/c27-22(24-19-14-23-26(15-19)16-20-10-6-12-28-20)25-21-11-5-4-9-18(21)13-17-7-2-1-3-8-17/h1-5,7-9,11,14-15,20H,6,10,12-13,16H2,(H2,24,25,27)/t20-/m0/s1. The molecule has 1 aliphatic heterocycles. The second-order valence-electron chi connectivity index (χ2n) is 6.98. The van der Waals surface area contributed by atoms with Gasteiger partial charge in [-0.25, -0.2) is 4.79 Å². The Kier molecular flexibility index (Phi) is 5.68. The first kappa shape index (κ1) is 18.3. The smallest absolute Gasteiger partial charge is 0.323 e. The van der Waals surface area contributed by atoms with Gasteiger partial charge in [-0.15, -0.1) is 0 Å². The number of hydrogen-bond acceptors (Lipinski definition) is 3. The molecule has 144 valence electrons. The molecule has 2 N–H and O–H groups in total. The van der Waals surface area contributed by atoms with Crippen molar-refractivity contribution in [1.29, 1.82) is 0 Å². The van der Waals surface area contributed by atoms with E-state index in [0.717, 1.165) is 37.1 Å². The van der Waals surface area contributed by atoms with Crippen molar-refractivity contribution in [1.82, 2.24) is 9.78 Å². The fraction of sp³-hybridized carbons (Fsp3) is 0.273. The lowest BCUT2D eigenvalue weighted by molar-refractivity contribution is 0.0940. The second-order valence-corrected chi connectivity index (χ2v) is 6.98. The van der Waals surface area contributed by atoms with E-state index in [2.05, 4.69) is 27.9 Å². The highest BCUT2D eigenvalue weighted by Gasteiger charge is 2.16. The van der Waals surface area contributed by atoms with Crippen molar-refractivity contribution in [3.8, 4) is 0 Å². The number of para-hydroxylation sites is 1. The second kappa shape index (κ2) is 8.71. The van der Waals surface area contributed by atoms with Gasteiger partial charge in [0, 0.05) is 18.5 Å². The molecule has 1 atom stereocenters. The monoisotopic (exact) mass is 376 g/mol. The number of urea groups is 1. The van der Waals surface area contributed by atoms with Crippen molar-refractivity contribution in [2.24, 2.45) is 0 Å². The van der Waals surface area contributed by atoms with Crippen molar-refractivity contribution in [3.05, 3.63) is 78.1 Å². The maximum absolute atomic E-state index is 12.5. The van der Waals surface area contributed by atoms with E-state index in [0.29, 0.717) is 12.2 Å². The van der Waals surface area contributed by atoms with Crippen LogP contribution >= 0.6 is 0 Å². The zero-order chi connectivity index (χ0) is 19.2. The van der Waals surface area contributed by atoms with Gasteiger partial charge < -0.3 is 15.4 Å². The molecule has 0 aliphatic carbocycles. The maximum Gasteiger partial charge on any atom is 0.323 e. The highest BCUT2D eigenvalue weighted by Crippen LogP contribution is 2.20. The van der Waals surface area contributed by atoms with Gasteiger partial charge in [-0.3, -0.25) is 4.68 Å². The molecule has 0 spiro atoms. The number of nitrogens with zero attached hydrogens (tertiary/aromatic N) is 2. The van der Waals surface area contributed by atoms with Gasteiger partial charge in [0.05, 0.1) is 24.5 Å². The van der Waals surface area contributed by atoms with Crippen LogP contribution in [0.3, 0.4) is 0 Å². The molecule has 0 radical (unpaired) electrons. The number of benzene rings is 2. The van der Waals surface area contributed by atoms with Gasteiger partial charge in [-0.2, -0.15) is 5.10 Å². The molecule has 2 amide bonds. The van der Waals surface area contributed by atoms with Crippen molar-refractivity contribution in [2.75, 3.05) is 17.2 Å². The minimum atomic E-state index is -0.280. The van der Waals surface area contributed by atoms with Gasteiger partial charge in [0.2, 0.25) is 0 Å². The summed E-state index contributed by atoms with van der Waals surface area (Å²) in [7, 11) is 0. The Morgan fingerprint density at radius 1 is 1.11 bits per heavy atom. The summed E-state index contributed by atoms with van der Waals surface area (Å²) in [6.07, 6.45) is 6.62. The minimum absolute atomic E-state index is 0.214. The molecule has 3 aromatic rings. The normalized spacial score (nSPS) is 16.1. The van der Waals surface area contributed by atoms with E-state index in [-0.39, 0.29) is 12.1 Å². The number of nitrogens with one attached hydrogen (secondary N) is 2. The summed E-state index contributed by atoms with van der Waals surface area (Å²) in [5, 5.41) is 10.1. The largest absolute Gasteiger partial charge is 0.376 e. The molecular weight excluding hydrogens is 352 g/mol. The van der Waals surface area contributed by atoms with Crippen molar-refractivity contribution in [3.63, 3.8) is 0 Å². The van der Waals surface area contributed by atoms with Crippen LogP contribution in [0.4, 0.5) is 16.2 Å². The molecule has 6 nitrogen and oxygen atoms in total. The summed E-state index contributed by atoms with van der Waals surface area (Å²) in [6, 6.07) is 17.8. The highest BCUT2D eigenvalue weighted by atomic mass is 16.5. The van der Waals surface area contributed by atoms with Crippen molar-refractivity contribution < 1.29 is 9.53 Å². The van der Waals surface area contributed by atoms with Crippen molar-refractivity contribution >= 4 is 17.4 Å². The lowest BCUT2D eigenvalue weighted by atomic mass is 10.0. The van der Waals surface area contributed by atoms with E-state index in [9.17, 15) is 4.79 Å². The SMILES string of the molecule is O=C(Nc1cnn(C[C@@H]2CCCO2)c1)Nc1ccccc1Cc1ccccc1. The van der Waals surface area contributed by atoms with E-state index in [1.165, 1.54) is 5.56 Å². The summed E-state index contributed by atoms with van der Waals surface area (Å²) in [5.74, 6) is 0. The number of aromatic nitrogens is 2. The number of carbonyl (C=O) groups excluding carboxylic acids is 1. The first-order chi connectivity index (χ1) is 13.8. The van der Waals surface area contributed by atoms with Crippen LogP contribution in [0.25, 0.3) is 0 Å². The highest BCUT2D eigenvalue weighted by molar-refractivity contribution is 6.00. The summed E-state index contributed by atoms with van der Waals surface area (Å²) in [5.41, 5.74) is 3.73. The van der Waals surface area contributed by atoms with Crippen LogP contribution in [0, 0.1) is 0 Å². The molecule has 2 aromatic carbocycles. The van der Waals surface area contributed by atoms with Crippen LogP contribution in [-0.2, 0) is 17.7 Å². The quantitative estimate of drug-likeness (QED) is 0.674. The molecule has 1 fully saturated rings. The van der Waals surface area contributed by atoms with Gasteiger partial charge in [-0.1, -0.05) is 48.5 Å². The number of anilines is 2. The number of ether oxygens (including phenoxy) is 1. The summed E-state index contributed by atoms with van der Waals surface area (Å²) in [4.78, 5) is 12.5. The van der Waals surface area contributed by atoms with Gasteiger partial charge in [0.15, 0.2) is 0 Å². The molecule has 4 rings (SSSR count). The Bertz CT molecular complexity index is 917. The van der Waals surface area contributed by atoms with Crippen LogP contribution in [0.5, 0.6) is 0 Å². The average Bonchev–Trinajstić information content (AvgIpc) is 3.37. The fourth-order valence-electron chi connectivity index (χ4n) is 3.42. The molecular formula is C22H24N4O2. The predicted octanol–water partition coefficient (Wildman–Crippen LogP) is 4.30. The van der Waals surface area contributed by atoms with Gasteiger partial charge in [-0.05, 0) is 36.5 Å². The molecule has 1 saturated heterocycles. The third-order valence-corrected chi connectivity index (χ3v) is 4.81. The number of rotatable bonds is 6. The van der Waals surface area contributed by atoms with Crippen molar-refractivity contribution in [2.45, 2.75) is 31.9 Å². The zero-order valence-electron chi connectivity index (χ0n) is 15.7. The van der Waals surface area contributed by atoms with E-state index >= 15 is 0 Å². The van der Waals surface area contributed by atoms with Crippen LogP contribution in [0.15, 0.2) is 67.0 Å². The van der Waals surface area contributed by atoms with E-state index in [4.69, 9.17) is 4.74 Å². The number of carbonyl (C=O) groups is 1. The van der Waals surface area contributed by atoms with E-state index in [1.54, 1.807) is 6.20 Å². The van der Waals surface area contributed by atoms with Crippen LogP contribution in [0.1, 0.15) is 24.0 Å². The summed E-state index contributed by atoms with van der Waals surface area (Å²) < 4.78 is 7.44. The lowest BCUT2D eigenvalue weighted by Gasteiger charge is -2.11. The van der Waals surface area contributed by atoms with Crippen LogP contribution < -0.4 is 10.6 Å². The van der Waals surface area contributed by atoms with E-state index < -0.39 is 0 Å². The lowest BCUT2D eigenvalue weighted by Crippen LogP contribution is -2.20. The molecule has 0 unspecified atom stereocenters. The minimum Gasteiger partial charge on any atom is -0.376 e. The van der Waals surface area contributed by atoms with Gasteiger partial charge in [0.1, 0.15) is 0 Å². The summed E-state index contributed by atoms with van der Waals surface area (Å²) in [6.45, 7) is 1.53. The summed E-state index contributed by atoms with van der Waals surface area (Å²) >= 11 is 0. The average molecular weight is 376 g/mol. The molecule has 1 aromatic heterocycles.